The average Bonchev–Trinajstić information content (AvgIpc) is 2.92. The van der Waals surface area contributed by atoms with Crippen molar-refractivity contribution in [3.8, 4) is 5.75 Å². The minimum atomic E-state index is -1.28. The Morgan fingerprint density at radius 1 is 0.946 bits per heavy atom. The number of phenols is 1. The molecule has 4 rings (SSSR count). The first kappa shape index (κ1) is 25.3. The van der Waals surface area contributed by atoms with Crippen molar-refractivity contribution in [2.45, 2.75) is 18.6 Å². The Hall–Kier alpha value is -4.76. The lowest BCUT2D eigenvalue weighted by Crippen LogP contribution is -2.43. The molecular weight excluding hydrogens is 476 g/mol. The summed E-state index contributed by atoms with van der Waals surface area (Å²) in [4.78, 5) is 41.8. The quantitative estimate of drug-likeness (QED) is 0.270. The number of hydrogen-bond acceptors (Lipinski definition) is 7. The molecule has 0 saturated heterocycles. The molecule has 188 valence electrons. The van der Waals surface area contributed by atoms with E-state index in [9.17, 15) is 29.7 Å². The largest absolute Gasteiger partial charge is 0.508 e. The number of nitrogens with one attached hydrogen (secondary N) is 1. The van der Waals surface area contributed by atoms with Gasteiger partial charge in [-0.15, -0.1) is 0 Å². The number of nitrogens with zero attached hydrogens (tertiary/aromatic N) is 1. The molecule has 0 spiro atoms. The lowest BCUT2D eigenvalue weighted by atomic mass is 9.98. The number of aromatic carboxylic acids is 1. The van der Waals surface area contributed by atoms with Gasteiger partial charge in [0.25, 0.3) is 5.91 Å². The van der Waals surface area contributed by atoms with E-state index in [0.29, 0.717) is 16.7 Å². The van der Waals surface area contributed by atoms with Crippen LogP contribution in [0, 0.1) is 0 Å². The molecule has 1 aromatic heterocycles. The van der Waals surface area contributed by atoms with E-state index >= 15 is 0 Å². The number of amides is 1. The van der Waals surface area contributed by atoms with Gasteiger partial charge >= 0.3 is 11.9 Å². The number of carboxylic acid groups (broad SMARTS) is 1. The van der Waals surface area contributed by atoms with Crippen LogP contribution in [0.25, 0.3) is 10.9 Å². The summed E-state index contributed by atoms with van der Waals surface area (Å²) in [5.41, 5.74) is 1.65. The van der Waals surface area contributed by atoms with Gasteiger partial charge in [-0.2, -0.15) is 0 Å². The second kappa shape index (κ2) is 10.9. The van der Waals surface area contributed by atoms with Crippen molar-refractivity contribution in [2.75, 3.05) is 7.11 Å². The lowest BCUT2D eigenvalue weighted by Gasteiger charge is -2.17. The predicted octanol–water partition coefficient (Wildman–Crippen LogP) is 3.23. The normalized spacial score (nSPS) is 12.5. The molecule has 0 fully saturated rings. The number of benzene rings is 3. The van der Waals surface area contributed by atoms with E-state index in [0.717, 1.165) is 6.07 Å². The number of fused-ring (bicyclic) bond motifs is 1. The van der Waals surface area contributed by atoms with E-state index in [4.69, 9.17) is 4.74 Å². The van der Waals surface area contributed by atoms with Crippen LogP contribution in [-0.4, -0.2) is 51.3 Å². The van der Waals surface area contributed by atoms with Crippen molar-refractivity contribution in [3.63, 3.8) is 0 Å². The standard InChI is InChI=1S/C28H24N2O7/c1-37-28(36)24(13-16-7-10-19(31)11-8-16)30-26(33)23-15-21(27(34)35)20-14-18(9-12-22(20)29-23)25(32)17-5-3-2-4-6-17/h2-12,14-15,24-25,31-32H,13H2,1H3,(H,30,33)(H,34,35). The molecule has 0 radical (unpaired) electrons. The molecule has 0 aliphatic carbocycles. The Bertz CT molecular complexity index is 1450. The van der Waals surface area contributed by atoms with Gasteiger partial charge in [0, 0.05) is 11.8 Å². The SMILES string of the molecule is COC(=O)C(Cc1ccc(O)cc1)NC(=O)c1cc(C(=O)O)c2cc(C(O)c3ccccc3)ccc2n1. The molecule has 0 bridgehead atoms. The van der Waals surface area contributed by atoms with E-state index in [1.807, 2.05) is 6.07 Å². The highest BCUT2D eigenvalue weighted by atomic mass is 16.5. The van der Waals surface area contributed by atoms with Crippen molar-refractivity contribution < 1.29 is 34.4 Å². The van der Waals surface area contributed by atoms with Crippen LogP contribution in [0.1, 0.15) is 43.6 Å². The molecule has 0 aliphatic rings. The van der Waals surface area contributed by atoms with Gasteiger partial charge in [0.15, 0.2) is 0 Å². The second-order valence-corrected chi connectivity index (χ2v) is 8.37. The molecule has 2 atom stereocenters. The van der Waals surface area contributed by atoms with Crippen LogP contribution in [0.3, 0.4) is 0 Å². The highest BCUT2D eigenvalue weighted by Crippen LogP contribution is 2.27. The summed E-state index contributed by atoms with van der Waals surface area (Å²) in [6.07, 6.45) is -0.894. The number of ether oxygens (including phenoxy) is 1. The second-order valence-electron chi connectivity index (χ2n) is 8.37. The molecule has 0 aliphatic heterocycles. The molecule has 1 heterocycles. The van der Waals surface area contributed by atoms with Gasteiger partial charge in [-0.05, 0) is 47.0 Å². The van der Waals surface area contributed by atoms with Crippen molar-refractivity contribution in [2.24, 2.45) is 0 Å². The molecular formula is C28H24N2O7. The molecule has 2 unspecified atom stereocenters. The van der Waals surface area contributed by atoms with E-state index in [1.54, 1.807) is 42.5 Å². The van der Waals surface area contributed by atoms with Gasteiger partial charge in [0.2, 0.25) is 0 Å². The number of carbonyl (C=O) groups excluding carboxylic acids is 2. The number of aromatic nitrogens is 1. The minimum Gasteiger partial charge on any atom is -0.508 e. The van der Waals surface area contributed by atoms with Crippen LogP contribution in [0.5, 0.6) is 5.75 Å². The first-order valence-corrected chi connectivity index (χ1v) is 11.3. The number of rotatable bonds is 8. The summed E-state index contributed by atoms with van der Waals surface area (Å²) >= 11 is 0. The molecule has 4 N–H and O–H groups in total. The Morgan fingerprint density at radius 3 is 2.30 bits per heavy atom. The zero-order valence-electron chi connectivity index (χ0n) is 19.8. The number of carboxylic acids is 1. The van der Waals surface area contributed by atoms with Crippen molar-refractivity contribution in [1.82, 2.24) is 10.3 Å². The molecule has 4 aromatic rings. The maximum absolute atomic E-state index is 13.0. The third-order valence-electron chi connectivity index (χ3n) is 5.89. The number of carbonyl (C=O) groups is 3. The number of aromatic hydroxyl groups is 1. The third kappa shape index (κ3) is 5.74. The number of aliphatic hydroxyl groups is 1. The number of pyridine rings is 1. The molecule has 0 saturated carbocycles. The molecule has 37 heavy (non-hydrogen) atoms. The third-order valence-corrected chi connectivity index (χ3v) is 5.89. The van der Waals surface area contributed by atoms with Crippen molar-refractivity contribution >= 4 is 28.7 Å². The monoisotopic (exact) mass is 500 g/mol. The number of phenolic OH excluding ortho intramolecular Hbond substituents is 1. The lowest BCUT2D eigenvalue weighted by molar-refractivity contribution is -0.142. The zero-order valence-corrected chi connectivity index (χ0v) is 19.8. The first-order valence-electron chi connectivity index (χ1n) is 11.3. The number of hydrogen-bond donors (Lipinski definition) is 4. The van der Waals surface area contributed by atoms with Crippen LogP contribution in [0.2, 0.25) is 0 Å². The van der Waals surface area contributed by atoms with Gasteiger partial charge in [-0.3, -0.25) is 4.79 Å². The van der Waals surface area contributed by atoms with Gasteiger partial charge < -0.3 is 25.4 Å². The predicted molar refractivity (Wildman–Crippen MR) is 134 cm³/mol. The van der Waals surface area contributed by atoms with Crippen LogP contribution in [-0.2, 0) is 16.0 Å². The van der Waals surface area contributed by atoms with Crippen molar-refractivity contribution in [3.05, 3.63) is 107 Å². The highest BCUT2D eigenvalue weighted by Gasteiger charge is 2.25. The summed E-state index contributed by atoms with van der Waals surface area (Å²) in [6, 6.07) is 19.8. The molecule has 3 aromatic carbocycles. The smallest absolute Gasteiger partial charge is 0.336 e. The van der Waals surface area contributed by atoms with Crippen LogP contribution < -0.4 is 5.32 Å². The summed E-state index contributed by atoms with van der Waals surface area (Å²) in [5.74, 6) is -2.67. The fourth-order valence-corrected chi connectivity index (χ4v) is 3.97. The topological polar surface area (TPSA) is 146 Å². The maximum atomic E-state index is 13.0. The van der Waals surface area contributed by atoms with Crippen LogP contribution in [0.4, 0.5) is 0 Å². The number of esters is 1. The molecule has 9 heteroatoms. The highest BCUT2D eigenvalue weighted by molar-refractivity contribution is 6.06. The molecule has 1 amide bonds. The Kier molecular flexibility index (Phi) is 7.45. The van der Waals surface area contributed by atoms with Crippen molar-refractivity contribution in [1.29, 1.82) is 0 Å². The van der Waals surface area contributed by atoms with E-state index < -0.39 is 30.0 Å². The summed E-state index contributed by atoms with van der Waals surface area (Å²) < 4.78 is 4.81. The van der Waals surface area contributed by atoms with Gasteiger partial charge in [-0.1, -0.05) is 48.5 Å². The number of methoxy groups -OCH3 is 1. The van der Waals surface area contributed by atoms with Gasteiger partial charge in [0.1, 0.15) is 23.6 Å². The van der Waals surface area contributed by atoms with E-state index in [2.05, 4.69) is 10.3 Å². The Labute approximate surface area is 212 Å². The fourth-order valence-electron chi connectivity index (χ4n) is 3.97. The van der Waals surface area contributed by atoms with Crippen LogP contribution >= 0.6 is 0 Å². The molecule has 9 nitrogen and oxygen atoms in total. The fraction of sp³-hybridized carbons (Fsp3) is 0.143. The van der Waals surface area contributed by atoms with E-state index in [-0.39, 0.29) is 34.3 Å². The average molecular weight is 501 g/mol. The zero-order chi connectivity index (χ0) is 26.5. The first-order chi connectivity index (χ1) is 17.8. The summed E-state index contributed by atoms with van der Waals surface area (Å²) in [6.45, 7) is 0. The maximum Gasteiger partial charge on any atom is 0.336 e. The van der Waals surface area contributed by atoms with Crippen LogP contribution in [0.15, 0.2) is 78.9 Å². The van der Waals surface area contributed by atoms with E-state index in [1.165, 1.54) is 31.4 Å². The Morgan fingerprint density at radius 2 is 1.65 bits per heavy atom. The number of aliphatic hydroxyl groups excluding tert-OH is 1. The summed E-state index contributed by atoms with van der Waals surface area (Å²) in [7, 11) is 1.19. The summed E-state index contributed by atoms with van der Waals surface area (Å²) in [5, 5.41) is 32.9. The van der Waals surface area contributed by atoms with Gasteiger partial charge in [-0.25, -0.2) is 14.6 Å². The Balaban J connectivity index is 1.65. The minimum absolute atomic E-state index is 0.0587. The van der Waals surface area contributed by atoms with Gasteiger partial charge in [0.05, 0.1) is 18.2 Å².